The number of hydrogen-bond donors (Lipinski definition) is 0. The highest BCUT2D eigenvalue weighted by atomic mass is 16.5. The molecule has 0 aliphatic rings. The van der Waals surface area contributed by atoms with E-state index in [1.54, 1.807) is 26.5 Å². The second kappa shape index (κ2) is 6.76. The van der Waals surface area contributed by atoms with Crippen molar-refractivity contribution in [2.45, 2.75) is 13.5 Å². The number of hydrogen-bond acceptors (Lipinski definition) is 4. The van der Waals surface area contributed by atoms with E-state index in [2.05, 4.69) is 4.98 Å². The highest BCUT2D eigenvalue weighted by Crippen LogP contribution is 2.29. The molecule has 0 radical (unpaired) electrons. The van der Waals surface area contributed by atoms with Gasteiger partial charge in [0.2, 0.25) is 0 Å². The molecule has 0 saturated carbocycles. The molecule has 27 heavy (non-hydrogen) atoms. The monoisotopic (exact) mass is 360 g/mol. The van der Waals surface area contributed by atoms with E-state index < -0.39 is 0 Å². The predicted octanol–water partition coefficient (Wildman–Crippen LogP) is 3.92. The molecule has 4 rings (SSSR count). The molecule has 0 aliphatic heterocycles. The van der Waals surface area contributed by atoms with Crippen LogP contribution in [0.2, 0.25) is 0 Å². The van der Waals surface area contributed by atoms with Crippen LogP contribution in [-0.2, 0) is 6.54 Å². The average molecular weight is 360 g/mol. The van der Waals surface area contributed by atoms with Crippen LogP contribution < -0.4 is 15.0 Å². The molecule has 2 heterocycles. The molecule has 5 nitrogen and oxygen atoms in total. The normalized spacial score (nSPS) is 11.1. The van der Waals surface area contributed by atoms with E-state index >= 15 is 0 Å². The maximum Gasteiger partial charge on any atom is 0.260 e. The smallest absolute Gasteiger partial charge is 0.260 e. The molecule has 136 valence electrons. The van der Waals surface area contributed by atoms with Gasteiger partial charge in [0.25, 0.3) is 5.56 Å². The summed E-state index contributed by atoms with van der Waals surface area (Å²) in [6, 6.07) is 15.3. The van der Waals surface area contributed by atoms with Gasteiger partial charge in [0.15, 0.2) is 0 Å². The Balaban J connectivity index is 2.02. The van der Waals surface area contributed by atoms with Gasteiger partial charge in [0, 0.05) is 11.6 Å². The topological polar surface area (TPSA) is 53.4 Å². The summed E-state index contributed by atoms with van der Waals surface area (Å²) < 4.78 is 12.5. The van der Waals surface area contributed by atoms with Crippen molar-refractivity contribution in [3.05, 3.63) is 76.2 Å². The molecule has 4 aromatic rings. The van der Waals surface area contributed by atoms with Crippen molar-refractivity contribution in [1.29, 1.82) is 0 Å². The minimum atomic E-state index is -0.0466. The van der Waals surface area contributed by atoms with Crippen molar-refractivity contribution in [3.63, 3.8) is 0 Å². The zero-order chi connectivity index (χ0) is 19.0. The molecule has 2 aromatic carbocycles. The van der Waals surface area contributed by atoms with E-state index in [0.29, 0.717) is 17.4 Å². The summed E-state index contributed by atoms with van der Waals surface area (Å²) in [5, 5.41) is 1.52. The van der Waals surface area contributed by atoms with E-state index in [4.69, 9.17) is 9.47 Å². The molecule has 2 aromatic heterocycles. The fourth-order valence-electron chi connectivity index (χ4n) is 3.51. The number of pyridine rings is 2. The molecule has 0 unspecified atom stereocenters. The third kappa shape index (κ3) is 2.91. The summed E-state index contributed by atoms with van der Waals surface area (Å²) in [7, 11) is 3.28. The maximum absolute atomic E-state index is 13.2. The van der Waals surface area contributed by atoms with Crippen molar-refractivity contribution in [2.75, 3.05) is 14.2 Å². The zero-order valence-corrected chi connectivity index (χ0v) is 15.5. The van der Waals surface area contributed by atoms with E-state index in [-0.39, 0.29) is 5.56 Å². The maximum atomic E-state index is 13.2. The SMILES string of the molecule is COc1ccc(Cn2c(=O)c3cccnc3c3cc(OC)cc(C)c32)cc1. The van der Waals surface area contributed by atoms with Crippen molar-refractivity contribution in [3.8, 4) is 11.5 Å². The lowest BCUT2D eigenvalue weighted by molar-refractivity contribution is 0.414. The molecule has 0 fully saturated rings. The van der Waals surface area contributed by atoms with Crippen molar-refractivity contribution in [1.82, 2.24) is 9.55 Å². The van der Waals surface area contributed by atoms with Crippen LogP contribution in [0.1, 0.15) is 11.1 Å². The van der Waals surface area contributed by atoms with Crippen molar-refractivity contribution in [2.24, 2.45) is 0 Å². The fraction of sp³-hybridized carbons (Fsp3) is 0.182. The summed E-state index contributed by atoms with van der Waals surface area (Å²) in [5.74, 6) is 1.54. The van der Waals surface area contributed by atoms with E-state index in [1.165, 1.54) is 0 Å². The molecule has 0 spiro atoms. The zero-order valence-electron chi connectivity index (χ0n) is 15.5. The largest absolute Gasteiger partial charge is 0.497 e. The average Bonchev–Trinajstić information content (AvgIpc) is 2.71. The summed E-state index contributed by atoms with van der Waals surface area (Å²) in [6.45, 7) is 2.46. The summed E-state index contributed by atoms with van der Waals surface area (Å²) in [6.07, 6.45) is 1.71. The van der Waals surface area contributed by atoms with Crippen LogP contribution in [0.4, 0.5) is 0 Å². The lowest BCUT2D eigenvalue weighted by atomic mass is 10.1. The first-order valence-electron chi connectivity index (χ1n) is 8.71. The quantitative estimate of drug-likeness (QED) is 0.518. The Labute approximate surface area is 156 Å². The Hall–Kier alpha value is -3.34. The third-order valence-electron chi connectivity index (χ3n) is 4.82. The van der Waals surface area contributed by atoms with E-state index in [9.17, 15) is 4.79 Å². The standard InChI is InChI=1S/C22H20N2O3/c1-14-11-17(27-3)12-19-20-18(5-4-10-23-20)22(25)24(21(14)19)13-15-6-8-16(26-2)9-7-15/h4-12H,13H2,1-3H3. The molecule has 0 N–H and O–H groups in total. The van der Waals surface area contributed by atoms with Crippen LogP contribution >= 0.6 is 0 Å². The highest BCUT2D eigenvalue weighted by molar-refractivity contribution is 6.04. The predicted molar refractivity (Wildman–Crippen MR) is 107 cm³/mol. The molecule has 0 amide bonds. The summed E-state index contributed by atoms with van der Waals surface area (Å²) in [4.78, 5) is 17.7. The Morgan fingerprint density at radius 3 is 2.41 bits per heavy atom. The number of aryl methyl sites for hydroxylation is 1. The second-order valence-electron chi connectivity index (χ2n) is 6.48. The first kappa shape index (κ1) is 17.1. The Morgan fingerprint density at radius 1 is 0.963 bits per heavy atom. The first-order valence-corrected chi connectivity index (χ1v) is 8.71. The van der Waals surface area contributed by atoms with Gasteiger partial charge in [-0.3, -0.25) is 9.78 Å². The van der Waals surface area contributed by atoms with Gasteiger partial charge in [-0.1, -0.05) is 12.1 Å². The number of fused-ring (bicyclic) bond motifs is 3. The molecular weight excluding hydrogens is 340 g/mol. The summed E-state index contributed by atoms with van der Waals surface area (Å²) in [5.41, 5.74) is 3.53. The van der Waals surface area contributed by atoms with Gasteiger partial charge in [-0.2, -0.15) is 0 Å². The molecule has 0 aliphatic carbocycles. The Bertz CT molecular complexity index is 1190. The van der Waals surface area contributed by atoms with E-state index in [1.807, 2.05) is 54.0 Å². The van der Waals surface area contributed by atoms with Gasteiger partial charge in [-0.15, -0.1) is 0 Å². The van der Waals surface area contributed by atoms with Crippen LogP contribution in [-0.4, -0.2) is 23.8 Å². The van der Waals surface area contributed by atoms with Crippen LogP contribution in [0.5, 0.6) is 11.5 Å². The Morgan fingerprint density at radius 2 is 1.70 bits per heavy atom. The number of ether oxygens (including phenoxy) is 2. The van der Waals surface area contributed by atoms with Gasteiger partial charge in [-0.05, 0) is 54.4 Å². The lowest BCUT2D eigenvalue weighted by Crippen LogP contribution is -2.22. The summed E-state index contributed by atoms with van der Waals surface area (Å²) >= 11 is 0. The van der Waals surface area contributed by atoms with Crippen molar-refractivity contribution < 1.29 is 9.47 Å². The number of aromatic nitrogens is 2. The fourth-order valence-corrected chi connectivity index (χ4v) is 3.51. The first-order chi connectivity index (χ1) is 13.1. The van der Waals surface area contributed by atoms with Crippen LogP contribution in [0.15, 0.2) is 59.5 Å². The van der Waals surface area contributed by atoms with Gasteiger partial charge < -0.3 is 14.0 Å². The van der Waals surface area contributed by atoms with Crippen LogP contribution in [0.25, 0.3) is 21.8 Å². The number of nitrogens with zero attached hydrogens (tertiary/aromatic N) is 2. The second-order valence-corrected chi connectivity index (χ2v) is 6.48. The number of rotatable bonds is 4. The molecule has 0 saturated heterocycles. The Kier molecular flexibility index (Phi) is 4.28. The van der Waals surface area contributed by atoms with Crippen LogP contribution in [0.3, 0.4) is 0 Å². The van der Waals surface area contributed by atoms with Gasteiger partial charge in [-0.25, -0.2) is 0 Å². The van der Waals surface area contributed by atoms with Crippen LogP contribution in [0, 0.1) is 6.92 Å². The number of benzene rings is 2. The lowest BCUT2D eigenvalue weighted by Gasteiger charge is -2.16. The van der Waals surface area contributed by atoms with Gasteiger partial charge in [0.1, 0.15) is 11.5 Å². The highest BCUT2D eigenvalue weighted by Gasteiger charge is 2.15. The number of methoxy groups -OCH3 is 2. The van der Waals surface area contributed by atoms with E-state index in [0.717, 1.165) is 33.5 Å². The van der Waals surface area contributed by atoms with Gasteiger partial charge in [0.05, 0.1) is 37.2 Å². The molecule has 5 heteroatoms. The molecule has 0 atom stereocenters. The molecule has 0 bridgehead atoms. The minimum absolute atomic E-state index is 0.0466. The molecular formula is C22H20N2O3. The minimum Gasteiger partial charge on any atom is -0.497 e. The third-order valence-corrected chi connectivity index (χ3v) is 4.82. The van der Waals surface area contributed by atoms with Gasteiger partial charge >= 0.3 is 0 Å². The van der Waals surface area contributed by atoms with Crippen molar-refractivity contribution >= 4 is 21.8 Å².